The van der Waals surface area contributed by atoms with E-state index < -0.39 is 0 Å². The summed E-state index contributed by atoms with van der Waals surface area (Å²) < 4.78 is 5.66. The van der Waals surface area contributed by atoms with Crippen molar-refractivity contribution in [1.29, 1.82) is 0 Å². The third kappa shape index (κ3) is 14.0. The van der Waals surface area contributed by atoms with Gasteiger partial charge in [0.1, 0.15) is 0 Å². The molecule has 0 heterocycles. The predicted octanol–water partition coefficient (Wildman–Crippen LogP) is 6.66. The minimum atomic E-state index is -0.144. The molecule has 1 aromatic rings. The third-order valence-corrected chi connectivity index (χ3v) is 4.83. The van der Waals surface area contributed by atoms with Crippen molar-refractivity contribution in [3.8, 4) is 0 Å². The Balaban J connectivity index is 1.80. The van der Waals surface area contributed by atoms with E-state index in [0.29, 0.717) is 6.61 Å². The van der Waals surface area contributed by atoms with Crippen molar-refractivity contribution in [2.75, 3.05) is 6.61 Å². The summed E-state index contributed by atoms with van der Waals surface area (Å²) >= 11 is 0. The van der Waals surface area contributed by atoms with E-state index in [9.17, 15) is 5.11 Å². The van der Waals surface area contributed by atoms with E-state index in [2.05, 4.69) is 19.1 Å². The predicted molar refractivity (Wildman–Crippen MR) is 108 cm³/mol. The van der Waals surface area contributed by atoms with E-state index in [1.54, 1.807) is 0 Å². The Morgan fingerprint density at radius 1 is 0.760 bits per heavy atom. The molecule has 25 heavy (non-hydrogen) atoms. The average molecular weight is 349 g/mol. The van der Waals surface area contributed by atoms with Gasteiger partial charge in [-0.15, -0.1) is 0 Å². The number of ether oxygens (including phenoxy) is 1. The normalized spacial score (nSPS) is 12.4. The highest BCUT2D eigenvalue weighted by Gasteiger charge is 2.04. The van der Waals surface area contributed by atoms with Gasteiger partial charge in [-0.25, -0.2) is 0 Å². The summed E-state index contributed by atoms with van der Waals surface area (Å²) in [6.07, 6.45) is 16.1. The van der Waals surface area contributed by atoms with Crippen LogP contribution in [0.4, 0.5) is 0 Å². The van der Waals surface area contributed by atoms with Crippen molar-refractivity contribution in [3.63, 3.8) is 0 Å². The second-order valence-electron chi connectivity index (χ2n) is 7.30. The fraction of sp³-hybridized carbons (Fsp3) is 0.739. The smallest absolute Gasteiger partial charge is 0.0716 e. The quantitative estimate of drug-likeness (QED) is 0.319. The monoisotopic (exact) mass is 348 g/mol. The van der Waals surface area contributed by atoms with E-state index in [4.69, 9.17) is 4.74 Å². The maximum atomic E-state index is 10.0. The summed E-state index contributed by atoms with van der Waals surface area (Å²) in [7, 11) is 0. The van der Waals surface area contributed by atoms with Crippen LogP contribution in [0.15, 0.2) is 30.3 Å². The Kier molecular flexibility index (Phi) is 14.7. The van der Waals surface area contributed by atoms with Gasteiger partial charge in [0.25, 0.3) is 0 Å². The molecule has 0 aliphatic heterocycles. The first-order valence-electron chi connectivity index (χ1n) is 10.6. The van der Waals surface area contributed by atoms with Crippen LogP contribution in [-0.2, 0) is 11.3 Å². The second-order valence-corrected chi connectivity index (χ2v) is 7.30. The maximum Gasteiger partial charge on any atom is 0.0716 e. The van der Waals surface area contributed by atoms with Crippen LogP contribution in [0, 0.1) is 0 Å². The largest absolute Gasteiger partial charge is 0.393 e. The van der Waals surface area contributed by atoms with Gasteiger partial charge in [0.2, 0.25) is 0 Å². The molecule has 2 nitrogen and oxygen atoms in total. The van der Waals surface area contributed by atoms with Gasteiger partial charge in [0.15, 0.2) is 0 Å². The summed E-state index contributed by atoms with van der Waals surface area (Å²) in [6, 6.07) is 10.3. The number of hydrogen-bond donors (Lipinski definition) is 1. The molecule has 1 N–H and O–H groups in total. The number of unbranched alkanes of at least 4 members (excludes halogenated alkanes) is 9. The molecule has 0 aliphatic rings. The van der Waals surface area contributed by atoms with Crippen LogP contribution < -0.4 is 0 Å². The van der Waals surface area contributed by atoms with Crippen molar-refractivity contribution in [1.82, 2.24) is 0 Å². The summed E-state index contributed by atoms with van der Waals surface area (Å²) in [6.45, 7) is 3.69. The lowest BCUT2D eigenvalue weighted by atomic mass is 10.0. The van der Waals surface area contributed by atoms with Crippen LogP contribution in [0.1, 0.15) is 96.0 Å². The van der Waals surface area contributed by atoms with Gasteiger partial charge in [-0.3, -0.25) is 0 Å². The van der Waals surface area contributed by atoms with Crippen LogP contribution in [0.2, 0.25) is 0 Å². The topological polar surface area (TPSA) is 29.5 Å². The highest BCUT2D eigenvalue weighted by molar-refractivity contribution is 5.13. The zero-order chi connectivity index (χ0) is 18.0. The van der Waals surface area contributed by atoms with Gasteiger partial charge in [-0.1, -0.05) is 101 Å². The summed E-state index contributed by atoms with van der Waals surface area (Å²) in [4.78, 5) is 0. The third-order valence-electron chi connectivity index (χ3n) is 4.83. The lowest BCUT2D eigenvalue weighted by molar-refractivity contribution is 0.0936. The van der Waals surface area contributed by atoms with Crippen LogP contribution >= 0.6 is 0 Å². The second kappa shape index (κ2) is 16.6. The molecule has 144 valence electrons. The molecule has 0 saturated carbocycles. The van der Waals surface area contributed by atoms with Crippen molar-refractivity contribution >= 4 is 0 Å². The summed E-state index contributed by atoms with van der Waals surface area (Å²) in [5.41, 5.74) is 1.22. The molecular formula is C23H40O2. The highest BCUT2D eigenvalue weighted by atomic mass is 16.5. The molecule has 0 spiro atoms. The number of benzene rings is 1. The average Bonchev–Trinajstić information content (AvgIpc) is 2.64. The molecule has 0 radical (unpaired) electrons. The standard InChI is InChI=1S/C23H40O2/c1-2-3-4-5-6-7-8-9-10-14-18-23(24)19-15-20-25-21-22-16-12-11-13-17-22/h11-13,16-17,23-24H,2-10,14-15,18-21H2,1H3. The Morgan fingerprint density at radius 3 is 1.96 bits per heavy atom. The SMILES string of the molecule is CCCCCCCCCCCCC(O)CCCOCc1ccccc1. The first-order valence-corrected chi connectivity index (χ1v) is 10.6. The maximum absolute atomic E-state index is 10.0. The fourth-order valence-electron chi connectivity index (χ4n) is 3.20. The molecule has 2 heteroatoms. The molecule has 1 atom stereocenters. The number of rotatable bonds is 17. The van der Waals surface area contributed by atoms with Crippen molar-refractivity contribution in [2.45, 2.75) is 103 Å². The lowest BCUT2D eigenvalue weighted by Gasteiger charge is -2.10. The molecule has 0 saturated heterocycles. The lowest BCUT2D eigenvalue weighted by Crippen LogP contribution is -2.08. The molecule has 0 aliphatic carbocycles. The molecule has 0 fully saturated rings. The summed E-state index contributed by atoms with van der Waals surface area (Å²) in [5.74, 6) is 0. The minimum Gasteiger partial charge on any atom is -0.393 e. The molecule has 1 unspecified atom stereocenters. The van der Waals surface area contributed by atoms with Crippen LogP contribution in [0.5, 0.6) is 0 Å². The minimum absolute atomic E-state index is 0.144. The van der Waals surface area contributed by atoms with E-state index >= 15 is 0 Å². The van der Waals surface area contributed by atoms with Crippen molar-refractivity contribution in [2.24, 2.45) is 0 Å². The number of aliphatic hydroxyl groups is 1. The zero-order valence-corrected chi connectivity index (χ0v) is 16.4. The molecule has 0 bridgehead atoms. The fourth-order valence-corrected chi connectivity index (χ4v) is 3.20. The van der Waals surface area contributed by atoms with Crippen molar-refractivity contribution < 1.29 is 9.84 Å². The van der Waals surface area contributed by atoms with Gasteiger partial charge >= 0.3 is 0 Å². The van der Waals surface area contributed by atoms with Gasteiger partial charge in [0, 0.05) is 6.61 Å². The van der Waals surface area contributed by atoms with Gasteiger partial charge in [-0.05, 0) is 24.8 Å². The van der Waals surface area contributed by atoms with Crippen LogP contribution in [0.3, 0.4) is 0 Å². The van der Waals surface area contributed by atoms with E-state index in [0.717, 1.165) is 25.9 Å². The first kappa shape index (κ1) is 22.2. The molecule has 1 rings (SSSR count). The molecular weight excluding hydrogens is 308 g/mol. The van der Waals surface area contributed by atoms with Crippen LogP contribution in [-0.4, -0.2) is 17.8 Å². The first-order chi connectivity index (χ1) is 12.3. The van der Waals surface area contributed by atoms with Crippen molar-refractivity contribution in [3.05, 3.63) is 35.9 Å². The number of aliphatic hydroxyl groups excluding tert-OH is 1. The molecule has 0 amide bonds. The van der Waals surface area contributed by atoms with E-state index in [-0.39, 0.29) is 6.10 Å². The van der Waals surface area contributed by atoms with Gasteiger partial charge in [-0.2, -0.15) is 0 Å². The van der Waals surface area contributed by atoms with Crippen LogP contribution in [0.25, 0.3) is 0 Å². The van der Waals surface area contributed by atoms with Gasteiger partial charge < -0.3 is 9.84 Å². The highest BCUT2D eigenvalue weighted by Crippen LogP contribution is 2.13. The Morgan fingerprint density at radius 2 is 1.32 bits per heavy atom. The molecule has 0 aromatic heterocycles. The Labute approximate surface area is 156 Å². The van der Waals surface area contributed by atoms with E-state index in [1.807, 2.05) is 18.2 Å². The number of hydrogen-bond acceptors (Lipinski definition) is 2. The Hall–Kier alpha value is -0.860. The van der Waals surface area contributed by atoms with Gasteiger partial charge in [0.05, 0.1) is 12.7 Å². The van der Waals surface area contributed by atoms with E-state index in [1.165, 1.54) is 69.8 Å². The zero-order valence-electron chi connectivity index (χ0n) is 16.4. The summed E-state index contributed by atoms with van der Waals surface area (Å²) in [5, 5.41) is 10.0. The Bertz CT molecular complexity index is 377. The molecule has 1 aromatic carbocycles.